The van der Waals surface area contributed by atoms with Crippen molar-refractivity contribution in [3.05, 3.63) is 48.6 Å². The Bertz CT molecular complexity index is 1430. The van der Waals surface area contributed by atoms with Gasteiger partial charge in [0.1, 0.15) is 48.8 Å². The number of carbonyl (C=O) groups is 1. The standard InChI is InChI=1S/C60H109NO13/c1-3-5-7-9-11-13-15-17-19-21-22-23-24-25-26-27-28-29-31-33-35-37-39-41-43-49(64)48(61-52(65)44-42-40-38-36-34-32-30-20-18-16-14-12-10-8-6-4-2)47-71-59-57(70)55(68)58(51(46-63)73-59)74-60-56(69)54(67)53(66)50(45-62)72-60/h20,27-28,30,33,35,41,43,48-51,53-60,62-64,66-70H,3-19,21-26,29,31-32,34,36-40,42,44-47H2,1-2H3,(H,61,65)/b28-27+,30-20-,35-33+,43-41+. The van der Waals surface area contributed by atoms with Crippen molar-refractivity contribution in [1.29, 1.82) is 0 Å². The smallest absolute Gasteiger partial charge is 0.220 e. The topological polar surface area (TPSA) is 228 Å². The molecule has 2 saturated heterocycles. The molecule has 0 aromatic carbocycles. The number of rotatable bonds is 47. The third kappa shape index (κ3) is 31.4. The zero-order valence-electron chi connectivity index (χ0n) is 46.3. The summed E-state index contributed by atoms with van der Waals surface area (Å²) in [6, 6.07) is -0.943. The average Bonchev–Trinajstić information content (AvgIpc) is 3.40. The second kappa shape index (κ2) is 45.9. The van der Waals surface area contributed by atoms with E-state index >= 15 is 0 Å². The summed E-state index contributed by atoms with van der Waals surface area (Å²) in [6.07, 6.45) is 40.1. The van der Waals surface area contributed by atoms with Crippen LogP contribution in [0.2, 0.25) is 0 Å². The van der Waals surface area contributed by atoms with Crippen LogP contribution in [0.5, 0.6) is 0 Å². The molecule has 0 radical (unpaired) electrons. The van der Waals surface area contributed by atoms with Gasteiger partial charge in [-0.05, 0) is 70.6 Å². The fourth-order valence-corrected chi connectivity index (χ4v) is 9.61. The van der Waals surface area contributed by atoms with Gasteiger partial charge in [-0.1, -0.05) is 204 Å². The molecule has 0 aromatic rings. The van der Waals surface area contributed by atoms with E-state index in [2.05, 4.69) is 55.6 Å². The van der Waals surface area contributed by atoms with Crippen molar-refractivity contribution in [2.24, 2.45) is 0 Å². The van der Waals surface area contributed by atoms with Crippen LogP contribution in [0.4, 0.5) is 0 Å². The molecule has 2 aliphatic rings. The van der Waals surface area contributed by atoms with E-state index in [1.807, 2.05) is 6.08 Å². The van der Waals surface area contributed by atoms with Gasteiger partial charge >= 0.3 is 0 Å². The first-order valence-electron chi connectivity index (χ1n) is 29.9. The maximum atomic E-state index is 13.2. The second-order valence-corrected chi connectivity index (χ2v) is 21.1. The Morgan fingerprint density at radius 1 is 0.473 bits per heavy atom. The summed E-state index contributed by atoms with van der Waals surface area (Å²) < 4.78 is 22.7. The highest BCUT2D eigenvalue weighted by Crippen LogP contribution is 2.30. The molecule has 1 amide bonds. The molecule has 0 spiro atoms. The fourth-order valence-electron chi connectivity index (χ4n) is 9.61. The zero-order valence-corrected chi connectivity index (χ0v) is 46.3. The van der Waals surface area contributed by atoms with Crippen LogP contribution in [0.15, 0.2) is 48.6 Å². The van der Waals surface area contributed by atoms with Crippen LogP contribution in [0, 0.1) is 0 Å². The van der Waals surface area contributed by atoms with E-state index in [0.717, 1.165) is 64.2 Å². The summed E-state index contributed by atoms with van der Waals surface area (Å²) in [5.74, 6) is -0.262. The molecule has 74 heavy (non-hydrogen) atoms. The van der Waals surface area contributed by atoms with Crippen LogP contribution < -0.4 is 5.32 Å². The fraction of sp³-hybridized carbons (Fsp3) is 0.850. The van der Waals surface area contributed by atoms with Gasteiger partial charge in [-0.2, -0.15) is 0 Å². The Labute approximate surface area is 448 Å². The largest absolute Gasteiger partial charge is 0.394 e. The van der Waals surface area contributed by atoms with E-state index in [0.29, 0.717) is 12.8 Å². The molecule has 12 atom stereocenters. The van der Waals surface area contributed by atoms with Crippen LogP contribution in [0.25, 0.3) is 0 Å². The van der Waals surface area contributed by atoms with E-state index in [-0.39, 0.29) is 18.9 Å². The molecule has 14 nitrogen and oxygen atoms in total. The van der Waals surface area contributed by atoms with Crippen LogP contribution >= 0.6 is 0 Å². The van der Waals surface area contributed by atoms with E-state index in [4.69, 9.17) is 18.9 Å². The molecule has 0 aliphatic carbocycles. The van der Waals surface area contributed by atoms with Crippen molar-refractivity contribution in [2.75, 3.05) is 19.8 Å². The van der Waals surface area contributed by atoms with E-state index in [9.17, 15) is 45.6 Å². The molecule has 2 aliphatic heterocycles. The molecule has 12 unspecified atom stereocenters. The number of aliphatic hydroxyl groups excluding tert-OH is 8. The molecule has 432 valence electrons. The molecule has 0 bridgehead atoms. The first-order valence-corrected chi connectivity index (χ1v) is 29.9. The van der Waals surface area contributed by atoms with Gasteiger partial charge < -0.3 is 65.1 Å². The Balaban J connectivity index is 1.80. The van der Waals surface area contributed by atoms with Gasteiger partial charge in [-0.25, -0.2) is 0 Å². The monoisotopic (exact) mass is 1050 g/mol. The highest BCUT2D eigenvalue weighted by molar-refractivity contribution is 5.76. The molecular formula is C60H109NO13. The Hall–Kier alpha value is -2.05. The maximum absolute atomic E-state index is 13.2. The van der Waals surface area contributed by atoms with Gasteiger partial charge in [0.2, 0.25) is 5.91 Å². The second-order valence-electron chi connectivity index (χ2n) is 21.1. The molecule has 0 aromatic heterocycles. The van der Waals surface area contributed by atoms with Crippen molar-refractivity contribution in [1.82, 2.24) is 5.32 Å². The van der Waals surface area contributed by atoms with Gasteiger partial charge in [0.05, 0.1) is 32.0 Å². The third-order valence-electron chi connectivity index (χ3n) is 14.5. The van der Waals surface area contributed by atoms with Crippen molar-refractivity contribution in [3.8, 4) is 0 Å². The minimum absolute atomic E-state index is 0.259. The average molecular weight is 1050 g/mol. The lowest BCUT2D eigenvalue weighted by molar-refractivity contribution is -0.359. The Morgan fingerprint density at radius 2 is 0.865 bits per heavy atom. The lowest BCUT2D eigenvalue weighted by Gasteiger charge is -2.46. The van der Waals surface area contributed by atoms with Crippen molar-refractivity contribution in [3.63, 3.8) is 0 Å². The highest BCUT2D eigenvalue weighted by atomic mass is 16.7. The van der Waals surface area contributed by atoms with Crippen molar-refractivity contribution in [2.45, 2.75) is 306 Å². The van der Waals surface area contributed by atoms with Gasteiger partial charge in [0.15, 0.2) is 12.6 Å². The number of nitrogens with one attached hydrogen (secondary N) is 1. The van der Waals surface area contributed by atoms with Crippen LogP contribution in [0.1, 0.15) is 232 Å². The number of amides is 1. The summed E-state index contributed by atoms with van der Waals surface area (Å²) in [5.41, 5.74) is 0. The number of allylic oxidation sites excluding steroid dienone is 7. The summed E-state index contributed by atoms with van der Waals surface area (Å²) in [4.78, 5) is 13.2. The van der Waals surface area contributed by atoms with Crippen LogP contribution in [-0.4, -0.2) is 140 Å². The number of hydrogen-bond acceptors (Lipinski definition) is 13. The predicted octanol–water partition coefficient (Wildman–Crippen LogP) is 10.0. The van der Waals surface area contributed by atoms with Gasteiger partial charge in [-0.15, -0.1) is 0 Å². The van der Waals surface area contributed by atoms with Crippen LogP contribution in [0.3, 0.4) is 0 Å². The number of unbranched alkanes of at least 4 members (excludes halogenated alkanes) is 28. The van der Waals surface area contributed by atoms with Crippen molar-refractivity contribution >= 4 is 5.91 Å². The summed E-state index contributed by atoms with van der Waals surface area (Å²) in [5, 5.41) is 87.0. The van der Waals surface area contributed by atoms with Crippen molar-refractivity contribution < 1.29 is 64.6 Å². The zero-order chi connectivity index (χ0) is 53.9. The Morgan fingerprint density at radius 3 is 1.32 bits per heavy atom. The number of ether oxygens (including phenoxy) is 4. The summed E-state index contributed by atoms with van der Waals surface area (Å²) in [7, 11) is 0. The highest BCUT2D eigenvalue weighted by Gasteiger charge is 2.51. The lowest BCUT2D eigenvalue weighted by atomic mass is 9.97. The predicted molar refractivity (Wildman–Crippen MR) is 295 cm³/mol. The lowest BCUT2D eigenvalue weighted by Crippen LogP contribution is -2.65. The minimum Gasteiger partial charge on any atom is -0.394 e. The minimum atomic E-state index is -1.79. The number of carbonyl (C=O) groups excluding carboxylic acids is 1. The quantitative estimate of drug-likeness (QED) is 0.0205. The normalized spacial score (nSPS) is 25.5. The molecule has 2 rings (SSSR count). The first kappa shape index (κ1) is 68.1. The van der Waals surface area contributed by atoms with E-state index < -0.39 is 86.8 Å². The number of hydrogen-bond donors (Lipinski definition) is 9. The SMILES string of the molecule is CCCCCCCCC/C=C\CCCCCCCC(=O)NC(COC1OC(CO)C(OC2OC(CO)C(O)C(O)C2O)C(O)C1O)C(O)/C=C/CC/C=C/CC/C=C/CCCCCCCCCCCCCCCC. The molecule has 2 heterocycles. The Kier molecular flexibility index (Phi) is 42.2. The van der Waals surface area contributed by atoms with Crippen LogP contribution in [-0.2, 0) is 23.7 Å². The first-order chi connectivity index (χ1) is 36.1. The summed E-state index contributed by atoms with van der Waals surface area (Å²) >= 11 is 0. The summed E-state index contributed by atoms with van der Waals surface area (Å²) in [6.45, 7) is 2.77. The van der Waals surface area contributed by atoms with Gasteiger partial charge in [0, 0.05) is 6.42 Å². The molecule has 14 heteroatoms. The molecule has 2 fully saturated rings. The molecule has 9 N–H and O–H groups in total. The third-order valence-corrected chi connectivity index (χ3v) is 14.5. The van der Waals surface area contributed by atoms with E-state index in [1.54, 1.807) is 6.08 Å². The van der Waals surface area contributed by atoms with Gasteiger partial charge in [0.25, 0.3) is 0 Å². The maximum Gasteiger partial charge on any atom is 0.220 e. The van der Waals surface area contributed by atoms with E-state index in [1.165, 1.54) is 135 Å². The molecule has 0 saturated carbocycles. The number of aliphatic hydroxyl groups is 8. The molecular weight excluding hydrogens is 943 g/mol. The van der Waals surface area contributed by atoms with Gasteiger partial charge in [-0.3, -0.25) is 4.79 Å².